The Balaban J connectivity index is 0.00000210. The van der Waals surface area contributed by atoms with Crippen LogP contribution in [0.1, 0.15) is 37.7 Å². The first-order chi connectivity index (χ1) is 13.1. The minimum absolute atomic E-state index is 0. The van der Waals surface area contributed by atoms with Crippen molar-refractivity contribution in [3.63, 3.8) is 0 Å². The van der Waals surface area contributed by atoms with Gasteiger partial charge in [-0.05, 0) is 18.8 Å². The van der Waals surface area contributed by atoms with Crippen molar-refractivity contribution in [2.45, 2.75) is 50.2 Å². The molecule has 2 aromatic rings. The Hall–Kier alpha value is -0.760. The summed E-state index contributed by atoms with van der Waals surface area (Å²) in [7, 11) is 0. The molecule has 3 heterocycles. The van der Waals surface area contributed by atoms with Gasteiger partial charge in [-0.3, -0.25) is 4.57 Å². The standard InChI is InChI=1S/C17H20N6O4.2Na.2H/c18-7-5-3-1-2-4-6-11-21-15(19)12-16(22-11)23(9-20-12)17-14(26)13(25)10(8-24)27-17;;;;/h9-10,13-14,17,24-26H,1-3,5,8H2,(H2,19,21,22);;;;/t10-,13?,14?,17-;;;;/m1..../s1. The van der Waals surface area contributed by atoms with Crippen LogP contribution < -0.4 is 5.73 Å². The summed E-state index contributed by atoms with van der Waals surface area (Å²) in [5.41, 5.74) is 6.57. The number of nitrogen functional groups attached to an aromatic ring is 1. The van der Waals surface area contributed by atoms with Gasteiger partial charge in [0.05, 0.1) is 19.0 Å². The van der Waals surface area contributed by atoms with Crippen molar-refractivity contribution in [1.82, 2.24) is 19.5 Å². The number of unbranched alkanes of at least 4 members (excludes halogenated alkanes) is 3. The summed E-state index contributed by atoms with van der Waals surface area (Å²) in [6, 6.07) is 2.08. The Kier molecular flexibility index (Phi) is 11.0. The molecule has 0 saturated carbocycles. The number of aliphatic hydroxyl groups is 3. The number of hydrogen-bond donors (Lipinski definition) is 4. The molecule has 1 saturated heterocycles. The molecule has 0 spiro atoms. The summed E-state index contributed by atoms with van der Waals surface area (Å²) >= 11 is 0. The maximum atomic E-state index is 10.2. The topological polar surface area (TPSA) is 163 Å². The number of imidazole rings is 1. The summed E-state index contributed by atoms with van der Waals surface area (Å²) in [5, 5.41) is 37.9. The summed E-state index contributed by atoms with van der Waals surface area (Å²) < 4.78 is 6.95. The van der Waals surface area contributed by atoms with Gasteiger partial charge < -0.3 is 25.8 Å². The zero-order valence-electron chi connectivity index (χ0n) is 14.5. The monoisotopic (exact) mass is 420 g/mol. The summed E-state index contributed by atoms with van der Waals surface area (Å²) in [6.07, 6.45) is -0.288. The Labute approximate surface area is 212 Å². The molecular formula is C17H22N6Na2O4. The second kappa shape index (κ2) is 12.2. The van der Waals surface area contributed by atoms with E-state index in [9.17, 15) is 15.3 Å². The fraction of sp³-hybridized carbons (Fsp3) is 0.529. The van der Waals surface area contributed by atoms with E-state index in [2.05, 4.69) is 32.9 Å². The van der Waals surface area contributed by atoms with Crippen LogP contribution in [0.5, 0.6) is 0 Å². The number of hydrogen-bond acceptors (Lipinski definition) is 9. The van der Waals surface area contributed by atoms with E-state index in [0.29, 0.717) is 24.0 Å². The molecule has 1 fully saturated rings. The third kappa shape index (κ3) is 5.90. The molecule has 0 amide bonds. The Bertz CT molecular complexity index is 922. The Morgan fingerprint density at radius 1 is 1.17 bits per heavy atom. The Morgan fingerprint density at radius 3 is 2.55 bits per heavy atom. The minimum atomic E-state index is -1.26. The van der Waals surface area contributed by atoms with Crippen LogP contribution in [0.15, 0.2) is 6.33 Å². The van der Waals surface area contributed by atoms with E-state index >= 15 is 0 Å². The van der Waals surface area contributed by atoms with Crippen LogP contribution in [0.4, 0.5) is 5.82 Å². The SMILES string of the molecule is N#CCCCCC#Cc1nc(N)c2ncn([C@@H]3O[C@H](CO)C(O)C3O)c2n1.[NaH].[NaH]. The van der Waals surface area contributed by atoms with Gasteiger partial charge in [0.15, 0.2) is 17.7 Å². The van der Waals surface area contributed by atoms with E-state index in [1.54, 1.807) is 0 Å². The predicted molar refractivity (Wildman–Crippen MR) is 108 cm³/mol. The molecular weight excluding hydrogens is 398 g/mol. The van der Waals surface area contributed by atoms with Crippen LogP contribution in [0.2, 0.25) is 0 Å². The van der Waals surface area contributed by atoms with Gasteiger partial charge in [0, 0.05) is 12.8 Å². The van der Waals surface area contributed by atoms with E-state index in [-0.39, 0.29) is 70.8 Å². The van der Waals surface area contributed by atoms with Crippen molar-refractivity contribution in [2.75, 3.05) is 12.3 Å². The maximum absolute atomic E-state index is 10.2. The number of aromatic nitrogens is 4. The molecule has 0 aliphatic carbocycles. The zero-order valence-corrected chi connectivity index (χ0v) is 14.5. The molecule has 2 aromatic heterocycles. The van der Waals surface area contributed by atoms with Crippen LogP contribution in [0.3, 0.4) is 0 Å². The van der Waals surface area contributed by atoms with E-state index in [1.807, 2.05) is 0 Å². The third-order valence-electron chi connectivity index (χ3n) is 4.28. The third-order valence-corrected chi connectivity index (χ3v) is 4.28. The number of ether oxygens (including phenoxy) is 1. The van der Waals surface area contributed by atoms with Crippen LogP contribution in [-0.4, -0.2) is 119 Å². The van der Waals surface area contributed by atoms with Crippen LogP contribution in [-0.2, 0) is 4.74 Å². The number of aliphatic hydroxyl groups excluding tert-OH is 3. The molecule has 1 aliphatic rings. The van der Waals surface area contributed by atoms with Crippen LogP contribution >= 0.6 is 0 Å². The molecule has 4 atom stereocenters. The first-order valence-electron chi connectivity index (χ1n) is 8.55. The van der Waals surface area contributed by atoms with Gasteiger partial charge in [-0.25, -0.2) is 15.0 Å². The quantitative estimate of drug-likeness (QED) is 0.247. The number of nitrogens with zero attached hydrogens (tertiary/aromatic N) is 5. The van der Waals surface area contributed by atoms with Crippen molar-refractivity contribution in [1.29, 1.82) is 5.26 Å². The van der Waals surface area contributed by atoms with Crippen molar-refractivity contribution in [3.05, 3.63) is 12.2 Å². The number of fused-ring (bicyclic) bond motifs is 1. The van der Waals surface area contributed by atoms with Gasteiger partial charge in [-0.15, -0.1) is 0 Å². The fourth-order valence-electron chi connectivity index (χ4n) is 2.85. The average Bonchev–Trinajstić information content (AvgIpc) is 3.20. The van der Waals surface area contributed by atoms with Gasteiger partial charge in [0.1, 0.15) is 23.8 Å². The molecule has 29 heavy (non-hydrogen) atoms. The number of nitriles is 1. The van der Waals surface area contributed by atoms with Crippen molar-refractivity contribution in [3.8, 4) is 17.9 Å². The summed E-state index contributed by atoms with van der Waals surface area (Å²) in [5.74, 6) is 6.12. The number of rotatable bonds is 5. The Morgan fingerprint density at radius 2 is 1.90 bits per heavy atom. The normalized spacial score (nSPS) is 22.8. The molecule has 0 bridgehead atoms. The van der Waals surface area contributed by atoms with Gasteiger partial charge in [0.25, 0.3) is 0 Å². The van der Waals surface area contributed by atoms with Crippen molar-refractivity contribution in [2.24, 2.45) is 0 Å². The van der Waals surface area contributed by atoms with Crippen LogP contribution in [0, 0.1) is 23.2 Å². The molecule has 5 N–H and O–H groups in total. The molecule has 0 radical (unpaired) electrons. The second-order valence-electron chi connectivity index (χ2n) is 6.15. The molecule has 146 valence electrons. The second-order valence-corrected chi connectivity index (χ2v) is 6.15. The molecule has 1 aliphatic heterocycles. The molecule has 12 heteroatoms. The van der Waals surface area contributed by atoms with E-state index in [4.69, 9.17) is 15.7 Å². The molecule has 3 rings (SSSR count). The van der Waals surface area contributed by atoms with E-state index in [1.165, 1.54) is 10.9 Å². The number of nitrogens with two attached hydrogens (primary N) is 1. The molecule has 2 unspecified atom stereocenters. The molecule has 0 aromatic carbocycles. The van der Waals surface area contributed by atoms with Gasteiger partial charge in [-0.2, -0.15) is 5.26 Å². The average molecular weight is 420 g/mol. The summed E-state index contributed by atoms with van der Waals surface area (Å²) in [6.45, 7) is -0.430. The number of anilines is 1. The first-order valence-corrected chi connectivity index (χ1v) is 8.55. The summed E-state index contributed by atoms with van der Waals surface area (Å²) in [4.78, 5) is 12.6. The van der Waals surface area contributed by atoms with E-state index in [0.717, 1.165) is 12.8 Å². The predicted octanol–water partition coefficient (Wildman–Crippen LogP) is -1.84. The van der Waals surface area contributed by atoms with Crippen LogP contribution in [0.25, 0.3) is 11.2 Å². The zero-order chi connectivity index (χ0) is 19.4. The molecule has 10 nitrogen and oxygen atoms in total. The fourth-order valence-corrected chi connectivity index (χ4v) is 2.85. The first kappa shape index (κ1) is 26.3. The van der Waals surface area contributed by atoms with Gasteiger partial charge in [0.2, 0.25) is 5.82 Å². The van der Waals surface area contributed by atoms with Crippen molar-refractivity contribution < 1.29 is 20.1 Å². The van der Waals surface area contributed by atoms with Crippen molar-refractivity contribution >= 4 is 76.1 Å². The van der Waals surface area contributed by atoms with Gasteiger partial charge in [-0.1, -0.05) is 5.92 Å². The van der Waals surface area contributed by atoms with Gasteiger partial charge >= 0.3 is 59.1 Å². The van der Waals surface area contributed by atoms with E-state index < -0.39 is 31.1 Å².